The number of benzene rings is 1. The largest absolute Gasteiger partial charge is 0.331 e. The number of carbonyl (C=O) groups excluding carboxylic acids is 2. The number of nitrogens with one attached hydrogen (secondary N) is 2. The summed E-state index contributed by atoms with van der Waals surface area (Å²) in [6.07, 6.45) is 5.89. The van der Waals surface area contributed by atoms with Gasteiger partial charge in [-0.05, 0) is 50.5 Å². The van der Waals surface area contributed by atoms with Gasteiger partial charge in [0.25, 0.3) is 0 Å². The molecule has 0 spiro atoms. The lowest BCUT2D eigenvalue weighted by Gasteiger charge is -2.22. The SMILES string of the molecule is C[C@H]1CCC(=O)N1c1ccc(NC(=O)NCc2nnc3n2CCCCC3)cc1. The van der Waals surface area contributed by atoms with Crippen LogP contribution in [0.3, 0.4) is 0 Å². The molecule has 1 fully saturated rings. The molecule has 4 rings (SSSR count). The van der Waals surface area contributed by atoms with E-state index in [1.54, 1.807) is 0 Å². The monoisotopic (exact) mass is 382 g/mol. The standard InChI is InChI=1S/C20H26N6O2/c1-14-6-11-19(27)26(14)16-9-7-15(8-10-16)22-20(28)21-13-18-24-23-17-5-3-2-4-12-25(17)18/h7-10,14H,2-6,11-13H2,1H3,(H2,21,22,28)/t14-/m0/s1. The van der Waals surface area contributed by atoms with Crippen LogP contribution in [0.4, 0.5) is 16.2 Å². The number of nitrogens with zero attached hydrogens (tertiary/aromatic N) is 4. The van der Waals surface area contributed by atoms with Crippen LogP contribution in [0.2, 0.25) is 0 Å². The predicted octanol–water partition coefficient (Wildman–Crippen LogP) is 2.84. The highest BCUT2D eigenvalue weighted by molar-refractivity contribution is 5.96. The zero-order valence-corrected chi connectivity index (χ0v) is 16.1. The third-order valence-corrected chi connectivity index (χ3v) is 5.48. The fraction of sp³-hybridized carbons (Fsp3) is 0.500. The predicted molar refractivity (Wildman–Crippen MR) is 106 cm³/mol. The van der Waals surface area contributed by atoms with Crippen LogP contribution < -0.4 is 15.5 Å². The Morgan fingerprint density at radius 2 is 1.96 bits per heavy atom. The summed E-state index contributed by atoms with van der Waals surface area (Å²) in [4.78, 5) is 26.1. The van der Waals surface area contributed by atoms with Gasteiger partial charge < -0.3 is 20.1 Å². The van der Waals surface area contributed by atoms with Gasteiger partial charge in [0.2, 0.25) is 5.91 Å². The highest BCUT2D eigenvalue weighted by Gasteiger charge is 2.28. The lowest BCUT2D eigenvalue weighted by molar-refractivity contribution is -0.117. The van der Waals surface area contributed by atoms with E-state index in [4.69, 9.17) is 0 Å². The Hall–Kier alpha value is -2.90. The molecule has 2 aliphatic heterocycles. The Morgan fingerprint density at radius 1 is 1.14 bits per heavy atom. The highest BCUT2D eigenvalue weighted by Crippen LogP contribution is 2.27. The average Bonchev–Trinajstić information content (AvgIpc) is 3.13. The van der Waals surface area contributed by atoms with Gasteiger partial charge in [-0.25, -0.2) is 4.79 Å². The van der Waals surface area contributed by atoms with Gasteiger partial charge in [0.1, 0.15) is 5.82 Å². The van der Waals surface area contributed by atoms with E-state index in [0.29, 0.717) is 18.7 Å². The summed E-state index contributed by atoms with van der Waals surface area (Å²) < 4.78 is 2.12. The fourth-order valence-electron chi connectivity index (χ4n) is 3.94. The van der Waals surface area contributed by atoms with Crippen LogP contribution in [0, 0.1) is 0 Å². The number of fused-ring (bicyclic) bond motifs is 1. The van der Waals surface area contributed by atoms with Gasteiger partial charge in [-0.2, -0.15) is 0 Å². The molecular weight excluding hydrogens is 356 g/mol. The van der Waals surface area contributed by atoms with Crippen molar-refractivity contribution < 1.29 is 9.59 Å². The van der Waals surface area contributed by atoms with Crippen molar-refractivity contribution in [3.63, 3.8) is 0 Å². The quantitative estimate of drug-likeness (QED) is 0.850. The number of aromatic nitrogens is 3. The molecule has 8 heteroatoms. The number of rotatable bonds is 4. The molecule has 0 bridgehead atoms. The number of urea groups is 1. The van der Waals surface area contributed by atoms with Crippen LogP contribution in [-0.2, 0) is 24.3 Å². The van der Waals surface area contributed by atoms with E-state index in [1.807, 2.05) is 29.2 Å². The number of anilines is 2. The van der Waals surface area contributed by atoms with E-state index in [2.05, 4.69) is 32.3 Å². The number of hydrogen-bond acceptors (Lipinski definition) is 4. The maximum Gasteiger partial charge on any atom is 0.319 e. The van der Waals surface area contributed by atoms with Crippen molar-refractivity contribution in [1.82, 2.24) is 20.1 Å². The maximum atomic E-state index is 12.2. The minimum atomic E-state index is -0.288. The van der Waals surface area contributed by atoms with Gasteiger partial charge >= 0.3 is 6.03 Å². The van der Waals surface area contributed by atoms with Crippen molar-refractivity contribution in [1.29, 1.82) is 0 Å². The first-order valence-corrected chi connectivity index (χ1v) is 10.00. The van der Waals surface area contributed by atoms with Crippen molar-refractivity contribution in [2.45, 2.75) is 64.6 Å². The Labute approximate surface area is 164 Å². The second kappa shape index (κ2) is 8.00. The Balaban J connectivity index is 1.33. The molecule has 0 unspecified atom stereocenters. The molecule has 0 aliphatic carbocycles. The molecule has 0 saturated carbocycles. The number of hydrogen-bond donors (Lipinski definition) is 2. The zero-order valence-electron chi connectivity index (χ0n) is 16.1. The first kappa shape index (κ1) is 18.5. The Bertz CT molecular complexity index is 860. The second-order valence-corrected chi connectivity index (χ2v) is 7.50. The molecule has 2 N–H and O–H groups in total. The van der Waals surface area contributed by atoms with E-state index in [1.165, 1.54) is 6.42 Å². The van der Waals surface area contributed by atoms with Gasteiger partial charge in [-0.15, -0.1) is 10.2 Å². The molecular formula is C20H26N6O2. The van der Waals surface area contributed by atoms with E-state index in [0.717, 1.165) is 49.6 Å². The summed E-state index contributed by atoms with van der Waals surface area (Å²) in [5, 5.41) is 14.1. The summed E-state index contributed by atoms with van der Waals surface area (Å²) in [6, 6.07) is 7.30. The molecule has 1 saturated heterocycles. The molecule has 1 aromatic heterocycles. The average molecular weight is 382 g/mol. The maximum absolute atomic E-state index is 12.2. The van der Waals surface area contributed by atoms with E-state index < -0.39 is 0 Å². The topological polar surface area (TPSA) is 92.2 Å². The molecule has 148 valence electrons. The molecule has 2 aromatic rings. The van der Waals surface area contributed by atoms with E-state index >= 15 is 0 Å². The van der Waals surface area contributed by atoms with E-state index in [9.17, 15) is 9.59 Å². The Kier molecular flexibility index (Phi) is 5.27. The summed E-state index contributed by atoms with van der Waals surface area (Å²) in [7, 11) is 0. The van der Waals surface area contributed by atoms with Gasteiger partial charge in [0.15, 0.2) is 5.82 Å². The van der Waals surface area contributed by atoms with Crippen molar-refractivity contribution in [3.05, 3.63) is 35.9 Å². The fourth-order valence-corrected chi connectivity index (χ4v) is 3.94. The van der Waals surface area contributed by atoms with Gasteiger partial charge in [0.05, 0.1) is 6.54 Å². The normalized spacial score (nSPS) is 19.2. The Morgan fingerprint density at radius 3 is 2.71 bits per heavy atom. The third-order valence-electron chi connectivity index (χ3n) is 5.48. The lowest BCUT2D eigenvalue weighted by Crippen LogP contribution is -2.31. The van der Waals surface area contributed by atoms with Gasteiger partial charge in [-0.3, -0.25) is 4.79 Å². The summed E-state index contributed by atoms with van der Waals surface area (Å²) >= 11 is 0. The zero-order chi connectivity index (χ0) is 19.5. The molecule has 28 heavy (non-hydrogen) atoms. The number of aryl methyl sites for hydroxylation is 1. The first-order chi connectivity index (χ1) is 13.6. The van der Waals surface area contributed by atoms with Crippen LogP contribution in [0.1, 0.15) is 50.7 Å². The molecule has 1 aromatic carbocycles. The number of amides is 3. The first-order valence-electron chi connectivity index (χ1n) is 10.00. The molecule has 0 radical (unpaired) electrons. The minimum Gasteiger partial charge on any atom is -0.331 e. The minimum absolute atomic E-state index is 0.151. The van der Waals surface area contributed by atoms with Crippen LogP contribution in [0.25, 0.3) is 0 Å². The summed E-state index contributed by atoms with van der Waals surface area (Å²) in [5.41, 5.74) is 1.55. The molecule has 3 heterocycles. The van der Waals surface area contributed by atoms with Gasteiger partial charge in [-0.1, -0.05) is 6.42 Å². The summed E-state index contributed by atoms with van der Waals surface area (Å²) in [6.45, 7) is 3.31. The van der Waals surface area contributed by atoms with Crippen LogP contribution in [0.5, 0.6) is 0 Å². The van der Waals surface area contributed by atoms with Crippen LogP contribution in [0.15, 0.2) is 24.3 Å². The molecule has 3 amide bonds. The van der Waals surface area contributed by atoms with Crippen molar-refractivity contribution in [2.75, 3.05) is 10.2 Å². The number of carbonyl (C=O) groups is 2. The molecule has 2 aliphatic rings. The summed E-state index contributed by atoms with van der Waals surface area (Å²) in [5.74, 6) is 1.96. The lowest BCUT2D eigenvalue weighted by atomic mass is 10.2. The van der Waals surface area contributed by atoms with E-state index in [-0.39, 0.29) is 18.0 Å². The second-order valence-electron chi connectivity index (χ2n) is 7.50. The van der Waals surface area contributed by atoms with Gasteiger partial charge in [0, 0.05) is 36.8 Å². The third kappa shape index (κ3) is 3.85. The highest BCUT2D eigenvalue weighted by atomic mass is 16.2. The molecule has 8 nitrogen and oxygen atoms in total. The van der Waals surface area contributed by atoms with Crippen molar-refractivity contribution >= 4 is 23.3 Å². The molecule has 1 atom stereocenters. The van der Waals surface area contributed by atoms with Crippen molar-refractivity contribution in [3.8, 4) is 0 Å². The van der Waals surface area contributed by atoms with Crippen LogP contribution in [-0.4, -0.2) is 32.7 Å². The smallest absolute Gasteiger partial charge is 0.319 e. The van der Waals surface area contributed by atoms with Crippen LogP contribution >= 0.6 is 0 Å². The van der Waals surface area contributed by atoms with Crippen molar-refractivity contribution in [2.24, 2.45) is 0 Å².